The van der Waals surface area contributed by atoms with Crippen molar-refractivity contribution in [2.75, 3.05) is 13.1 Å². The molecule has 2 aliphatic rings. The van der Waals surface area contributed by atoms with E-state index in [9.17, 15) is 9.18 Å². The van der Waals surface area contributed by atoms with Gasteiger partial charge >= 0.3 is 0 Å². The molecule has 1 aliphatic carbocycles. The highest BCUT2D eigenvalue weighted by molar-refractivity contribution is 5.76. The Morgan fingerprint density at radius 1 is 0.966 bits per heavy atom. The smallest absolute Gasteiger partial charge is 0.222 e. The van der Waals surface area contributed by atoms with Gasteiger partial charge in [0.2, 0.25) is 5.91 Å². The zero-order chi connectivity index (χ0) is 20.5. The molecule has 0 saturated heterocycles. The predicted molar refractivity (Wildman–Crippen MR) is 116 cm³/mol. The average molecular weight is 397 g/mol. The largest absolute Gasteiger partial charge is 0.338 e. The summed E-state index contributed by atoms with van der Waals surface area (Å²) in [5, 5.41) is 0. The van der Waals surface area contributed by atoms with Gasteiger partial charge in [-0.2, -0.15) is 0 Å². The van der Waals surface area contributed by atoms with E-state index in [1.807, 2.05) is 4.90 Å². The molecule has 0 radical (unpaired) electrons. The van der Waals surface area contributed by atoms with Gasteiger partial charge in [-0.1, -0.05) is 55.3 Å². The van der Waals surface area contributed by atoms with E-state index in [1.165, 1.54) is 48.9 Å². The van der Waals surface area contributed by atoms with E-state index >= 15 is 0 Å². The highest BCUT2D eigenvalue weighted by Crippen LogP contribution is 2.44. The van der Waals surface area contributed by atoms with Gasteiger partial charge in [0.15, 0.2) is 0 Å². The molecule has 0 aromatic heterocycles. The van der Waals surface area contributed by atoms with Crippen LogP contribution >= 0.6 is 0 Å². The van der Waals surface area contributed by atoms with Crippen LogP contribution in [0.4, 0.5) is 4.39 Å². The number of fused-ring (bicyclic) bond motifs is 1. The average Bonchev–Trinajstić information content (AvgIpc) is 3.22. The summed E-state index contributed by atoms with van der Waals surface area (Å²) in [5.41, 5.74) is 8.88. The zero-order valence-corrected chi connectivity index (χ0v) is 17.3. The molecule has 2 N–H and O–H groups in total. The maximum absolute atomic E-state index is 12.6. The molecular weight excluding hydrogens is 363 g/mol. The summed E-state index contributed by atoms with van der Waals surface area (Å²) in [6.45, 7) is 2.42. The van der Waals surface area contributed by atoms with Gasteiger partial charge in [-0.15, -0.1) is 0 Å². The Morgan fingerprint density at radius 2 is 1.62 bits per heavy atom. The van der Waals surface area contributed by atoms with Gasteiger partial charge in [-0.3, -0.25) is 4.79 Å². The van der Waals surface area contributed by atoms with Crippen molar-refractivity contribution in [2.24, 2.45) is 11.1 Å². The number of hydrogen-bond donors (Lipinski definition) is 1. The fourth-order valence-electron chi connectivity index (χ4n) is 4.71. The lowest BCUT2D eigenvalue weighted by Gasteiger charge is -2.32. The van der Waals surface area contributed by atoms with Gasteiger partial charge in [-0.25, -0.2) is 4.39 Å². The van der Waals surface area contributed by atoms with Crippen molar-refractivity contribution >= 4 is 5.91 Å². The van der Waals surface area contributed by atoms with Gasteiger partial charge in [0.25, 0.3) is 0 Å². The molecule has 0 unspecified atom stereocenters. The van der Waals surface area contributed by atoms with Crippen LogP contribution < -0.4 is 5.73 Å². The standard InChI is InChI=1S/C19H28N2O.C6H5F/c20-13-12-19(9-3-4-10-19)11-7-18(22)21-14-8-16-5-1-2-6-17(16)15-21;7-6-4-2-1-3-5-6/h1-2,5-6H,3-4,7-15,20H2;1-5H. The summed E-state index contributed by atoms with van der Waals surface area (Å²) in [5.74, 6) is 0.153. The van der Waals surface area contributed by atoms with Gasteiger partial charge in [0.05, 0.1) is 0 Å². The summed E-state index contributed by atoms with van der Waals surface area (Å²) in [6.07, 6.45) is 8.96. The number of hydrogen-bond acceptors (Lipinski definition) is 2. The third kappa shape index (κ3) is 6.14. The molecule has 1 aliphatic heterocycles. The topological polar surface area (TPSA) is 46.3 Å². The quantitative estimate of drug-likeness (QED) is 0.765. The van der Waals surface area contributed by atoms with E-state index in [1.54, 1.807) is 18.2 Å². The second-order valence-corrected chi connectivity index (χ2v) is 8.38. The fourth-order valence-corrected chi connectivity index (χ4v) is 4.71. The highest BCUT2D eigenvalue weighted by Gasteiger charge is 2.33. The molecule has 1 amide bonds. The maximum atomic E-state index is 12.6. The van der Waals surface area contributed by atoms with Crippen LogP contribution in [-0.4, -0.2) is 23.9 Å². The second kappa shape index (κ2) is 10.5. The van der Waals surface area contributed by atoms with E-state index in [0.717, 1.165) is 38.9 Å². The van der Waals surface area contributed by atoms with Crippen LogP contribution in [0.2, 0.25) is 0 Å². The molecule has 0 bridgehead atoms. The Kier molecular flexibility index (Phi) is 7.82. The molecule has 156 valence electrons. The molecule has 2 aromatic rings. The zero-order valence-electron chi connectivity index (χ0n) is 17.3. The van der Waals surface area contributed by atoms with Crippen molar-refractivity contribution < 1.29 is 9.18 Å². The monoisotopic (exact) mass is 396 g/mol. The number of nitrogens with two attached hydrogens (primary N) is 1. The van der Waals surface area contributed by atoms with Gasteiger partial charge in [0.1, 0.15) is 5.82 Å². The molecule has 0 spiro atoms. The lowest BCUT2D eigenvalue weighted by atomic mass is 9.78. The molecule has 1 heterocycles. The van der Waals surface area contributed by atoms with E-state index in [2.05, 4.69) is 24.3 Å². The van der Waals surface area contributed by atoms with Crippen molar-refractivity contribution in [2.45, 2.75) is 57.9 Å². The molecule has 1 fully saturated rings. The number of benzene rings is 2. The van der Waals surface area contributed by atoms with Crippen molar-refractivity contribution in [1.29, 1.82) is 0 Å². The summed E-state index contributed by atoms with van der Waals surface area (Å²) in [7, 11) is 0. The summed E-state index contributed by atoms with van der Waals surface area (Å²) in [6, 6.07) is 16.4. The predicted octanol–water partition coefficient (Wildman–Crippen LogP) is 5.09. The Morgan fingerprint density at radius 3 is 2.24 bits per heavy atom. The lowest BCUT2D eigenvalue weighted by molar-refractivity contribution is -0.132. The van der Waals surface area contributed by atoms with Crippen LogP contribution in [0.1, 0.15) is 56.1 Å². The molecule has 29 heavy (non-hydrogen) atoms. The van der Waals surface area contributed by atoms with Gasteiger partial charge < -0.3 is 10.6 Å². The van der Waals surface area contributed by atoms with Crippen molar-refractivity contribution in [3.8, 4) is 0 Å². The minimum Gasteiger partial charge on any atom is -0.338 e. The number of carbonyl (C=O) groups is 1. The summed E-state index contributed by atoms with van der Waals surface area (Å²) < 4.78 is 11.9. The lowest BCUT2D eigenvalue weighted by Crippen LogP contribution is -2.36. The van der Waals surface area contributed by atoms with Crippen LogP contribution in [0.25, 0.3) is 0 Å². The number of carbonyl (C=O) groups excluding carboxylic acids is 1. The van der Waals surface area contributed by atoms with Crippen LogP contribution in [0.5, 0.6) is 0 Å². The third-order valence-electron chi connectivity index (χ3n) is 6.42. The molecular formula is C25H33FN2O. The van der Waals surface area contributed by atoms with Gasteiger partial charge in [-0.05, 0) is 67.3 Å². The molecule has 4 rings (SSSR count). The first-order chi connectivity index (χ1) is 14.1. The molecule has 1 saturated carbocycles. The van der Waals surface area contributed by atoms with E-state index in [4.69, 9.17) is 5.73 Å². The van der Waals surface area contributed by atoms with Crippen LogP contribution in [0.15, 0.2) is 54.6 Å². The number of halogens is 1. The van der Waals surface area contributed by atoms with Crippen LogP contribution in [0, 0.1) is 11.2 Å². The Hall–Kier alpha value is -2.20. The van der Waals surface area contributed by atoms with E-state index in [-0.39, 0.29) is 5.82 Å². The third-order valence-corrected chi connectivity index (χ3v) is 6.42. The fraction of sp³-hybridized carbons (Fsp3) is 0.480. The first-order valence-corrected chi connectivity index (χ1v) is 10.9. The van der Waals surface area contributed by atoms with E-state index in [0.29, 0.717) is 17.7 Å². The molecule has 0 atom stereocenters. The molecule has 4 heteroatoms. The molecule has 2 aromatic carbocycles. The van der Waals surface area contributed by atoms with Crippen LogP contribution in [0.3, 0.4) is 0 Å². The normalized spacial score (nSPS) is 17.2. The summed E-state index contributed by atoms with van der Waals surface area (Å²) in [4.78, 5) is 14.7. The minimum absolute atomic E-state index is 0.178. The minimum atomic E-state index is -0.178. The van der Waals surface area contributed by atoms with Crippen LogP contribution in [-0.2, 0) is 17.8 Å². The Balaban J connectivity index is 0.000000290. The number of amides is 1. The molecule has 3 nitrogen and oxygen atoms in total. The van der Waals surface area contributed by atoms with Crippen molar-refractivity contribution in [1.82, 2.24) is 4.90 Å². The van der Waals surface area contributed by atoms with E-state index < -0.39 is 0 Å². The van der Waals surface area contributed by atoms with Gasteiger partial charge in [0, 0.05) is 19.5 Å². The van der Waals surface area contributed by atoms with Crippen molar-refractivity contribution in [3.05, 3.63) is 71.5 Å². The highest BCUT2D eigenvalue weighted by atomic mass is 19.1. The summed E-state index contributed by atoms with van der Waals surface area (Å²) >= 11 is 0. The second-order valence-electron chi connectivity index (χ2n) is 8.38. The Bertz CT molecular complexity index is 771. The first-order valence-electron chi connectivity index (χ1n) is 10.9. The maximum Gasteiger partial charge on any atom is 0.222 e. The van der Waals surface area contributed by atoms with Crippen molar-refractivity contribution in [3.63, 3.8) is 0 Å². The SMILES string of the molecule is Fc1ccccc1.NCCC1(CCC(=O)N2CCc3ccccc3C2)CCCC1. The number of nitrogens with zero attached hydrogens (tertiary/aromatic N) is 1. The number of rotatable bonds is 5. The Labute approximate surface area is 174 Å². The first kappa shape index (κ1) is 21.5.